The molecule has 3 N–H and O–H groups in total. The molecule has 0 bridgehead atoms. The third-order valence-electron chi connectivity index (χ3n) is 4.60. The van der Waals surface area contributed by atoms with Gasteiger partial charge in [0.25, 0.3) is 0 Å². The summed E-state index contributed by atoms with van der Waals surface area (Å²) in [5.74, 6) is 0. The molecule has 110 valence electrons. The van der Waals surface area contributed by atoms with E-state index in [4.69, 9.17) is 0 Å². The molecule has 4 atom stereocenters. The number of hydrogen-bond donors (Lipinski definition) is 4. The number of para-hydroxylation sites is 1. The zero-order chi connectivity index (χ0) is 14.2. The normalized spacial score (nSPS) is 32.5. The standard InChI is InChI=1S/C16H24N2OS/c1-2-5-12(20)9-8-11-10-16(19)13-6-3-4-7-14(13)18-15(16)17-11/h3-4,6-7,11-12,15,17-20H,2,5,8-10H2,1H3. The van der Waals surface area contributed by atoms with Crippen LogP contribution in [0.3, 0.4) is 0 Å². The minimum atomic E-state index is -0.752. The molecule has 0 spiro atoms. The van der Waals surface area contributed by atoms with Crippen LogP contribution in [0.1, 0.15) is 44.6 Å². The summed E-state index contributed by atoms with van der Waals surface area (Å²) in [5, 5.41) is 18.4. The Hall–Kier alpha value is -0.710. The Balaban J connectivity index is 1.63. The highest BCUT2D eigenvalue weighted by Gasteiger charge is 2.51. The van der Waals surface area contributed by atoms with Crippen LogP contribution in [0, 0.1) is 0 Å². The molecule has 4 heteroatoms. The Morgan fingerprint density at radius 2 is 2.20 bits per heavy atom. The molecule has 0 amide bonds. The minimum Gasteiger partial charge on any atom is -0.381 e. The van der Waals surface area contributed by atoms with Crippen molar-refractivity contribution in [3.05, 3.63) is 29.8 Å². The van der Waals surface area contributed by atoms with Crippen molar-refractivity contribution >= 4 is 18.3 Å². The van der Waals surface area contributed by atoms with E-state index in [2.05, 4.69) is 30.2 Å². The highest BCUT2D eigenvalue weighted by Crippen LogP contribution is 2.45. The maximum Gasteiger partial charge on any atom is 0.126 e. The van der Waals surface area contributed by atoms with E-state index >= 15 is 0 Å². The van der Waals surface area contributed by atoms with Crippen LogP contribution >= 0.6 is 12.6 Å². The van der Waals surface area contributed by atoms with Crippen molar-refractivity contribution in [1.82, 2.24) is 5.32 Å². The number of fused-ring (bicyclic) bond motifs is 3. The Bertz CT molecular complexity index is 481. The van der Waals surface area contributed by atoms with Gasteiger partial charge in [0, 0.05) is 22.5 Å². The van der Waals surface area contributed by atoms with Crippen molar-refractivity contribution in [2.24, 2.45) is 0 Å². The van der Waals surface area contributed by atoms with E-state index in [0.29, 0.717) is 11.3 Å². The van der Waals surface area contributed by atoms with Gasteiger partial charge >= 0.3 is 0 Å². The van der Waals surface area contributed by atoms with E-state index < -0.39 is 5.60 Å². The average molecular weight is 292 g/mol. The van der Waals surface area contributed by atoms with E-state index in [-0.39, 0.29) is 6.17 Å². The molecule has 2 heterocycles. The molecule has 1 aromatic rings. The molecule has 4 unspecified atom stereocenters. The summed E-state index contributed by atoms with van der Waals surface area (Å²) in [5.41, 5.74) is 1.35. The van der Waals surface area contributed by atoms with E-state index in [1.165, 1.54) is 12.8 Å². The van der Waals surface area contributed by atoms with E-state index in [1.807, 2.05) is 24.3 Å². The first-order valence-corrected chi connectivity index (χ1v) is 8.17. The highest BCUT2D eigenvalue weighted by atomic mass is 32.1. The second-order valence-electron chi connectivity index (χ2n) is 6.13. The Labute approximate surface area is 126 Å². The predicted molar refractivity (Wildman–Crippen MR) is 86.2 cm³/mol. The predicted octanol–water partition coefficient (Wildman–Crippen LogP) is 2.87. The van der Waals surface area contributed by atoms with Crippen LogP contribution in [0.15, 0.2) is 24.3 Å². The lowest BCUT2D eigenvalue weighted by atomic mass is 9.90. The van der Waals surface area contributed by atoms with Gasteiger partial charge in [0.1, 0.15) is 11.8 Å². The molecule has 3 nitrogen and oxygen atoms in total. The largest absolute Gasteiger partial charge is 0.381 e. The summed E-state index contributed by atoms with van der Waals surface area (Å²) in [6.07, 6.45) is 5.29. The lowest BCUT2D eigenvalue weighted by molar-refractivity contribution is 0.0389. The number of thiol groups is 1. The molecular formula is C16H24N2OS. The molecule has 1 fully saturated rings. The SMILES string of the molecule is CCCC(S)CCC1CC2(O)c3ccccc3NC2N1. The van der Waals surface area contributed by atoms with E-state index in [9.17, 15) is 5.11 Å². The van der Waals surface area contributed by atoms with Gasteiger partial charge in [-0.1, -0.05) is 31.5 Å². The van der Waals surface area contributed by atoms with Crippen molar-refractivity contribution in [3.63, 3.8) is 0 Å². The lowest BCUT2D eigenvalue weighted by Crippen LogP contribution is -2.41. The van der Waals surface area contributed by atoms with Crippen molar-refractivity contribution in [2.45, 2.75) is 62.1 Å². The van der Waals surface area contributed by atoms with Crippen molar-refractivity contribution in [3.8, 4) is 0 Å². The second-order valence-corrected chi connectivity index (χ2v) is 6.87. The van der Waals surface area contributed by atoms with Crippen molar-refractivity contribution < 1.29 is 5.11 Å². The molecule has 0 aliphatic carbocycles. The summed E-state index contributed by atoms with van der Waals surface area (Å²) in [6.45, 7) is 2.20. The molecule has 0 saturated carbocycles. The van der Waals surface area contributed by atoms with Gasteiger partial charge in [0.15, 0.2) is 0 Å². The Morgan fingerprint density at radius 1 is 1.40 bits per heavy atom. The molecule has 1 saturated heterocycles. The lowest BCUT2D eigenvalue weighted by Gasteiger charge is -2.21. The van der Waals surface area contributed by atoms with Crippen LogP contribution in [0.4, 0.5) is 5.69 Å². The quantitative estimate of drug-likeness (QED) is 0.631. The number of benzene rings is 1. The van der Waals surface area contributed by atoms with Crippen LogP contribution in [0.2, 0.25) is 0 Å². The summed E-state index contributed by atoms with van der Waals surface area (Å²) >= 11 is 4.62. The smallest absolute Gasteiger partial charge is 0.126 e. The fourth-order valence-electron chi connectivity index (χ4n) is 3.55. The molecule has 0 radical (unpaired) electrons. The van der Waals surface area contributed by atoms with Crippen LogP contribution in [-0.2, 0) is 5.60 Å². The van der Waals surface area contributed by atoms with Gasteiger partial charge < -0.3 is 10.4 Å². The molecular weight excluding hydrogens is 268 g/mol. The van der Waals surface area contributed by atoms with Gasteiger partial charge in [-0.2, -0.15) is 12.6 Å². The number of nitrogens with one attached hydrogen (secondary N) is 2. The Kier molecular flexibility index (Phi) is 3.98. The molecule has 2 aliphatic heterocycles. The van der Waals surface area contributed by atoms with Gasteiger partial charge in [-0.3, -0.25) is 5.32 Å². The van der Waals surface area contributed by atoms with Gasteiger partial charge in [-0.05, 0) is 31.7 Å². The monoisotopic (exact) mass is 292 g/mol. The maximum absolute atomic E-state index is 11.0. The third-order valence-corrected chi connectivity index (χ3v) is 5.12. The molecule has 2 aliphatic rings. The second kappa shape index (κ2) is 5.58. The summed E-state index contributed by atoms with van der Waals surface area (Å²) in [7, 11) is 0. The zero-order valence-electron chi connectivity index (χ0n) is 12.0. The molecule has 20 heavy (non-hydrogen) atoms. The summed E-state index contributed by atoms with van der Waals surface area (Å²) in [6, 6.07) is 8.44. The zero-order valence-corrected chi connectivity index (χ0v) is 12.9. The minimum absolute atomic E-state index is 0.0468. The van der Waals surface area contributed by atoms with Gasteiger partial charge in [-0.15, -0.1) is 0 Å². The van der Waals surface area contributed by atoms with Crippen LogP contribution in [0.5, 0.6) is 0 Å². The van der Waals surface area contributed by atoms with Crippen molar-refractivity contribution in [2.75, 3.05) is 5.32 Å². The first kappa shape index (κ1) is 14.2. The fourth-order valence-corrected chi connectivity index (χ4v) is 3.96. The number of aliphatic hydroxyl groups is 1. The number of rotatable bonds is 5. The molecule has 1 aromatic carbocycles. The topological polar surface area (TPSA) is 44.3 Å². The van der Waals surface area contributed by atoms with Gasteiger partial charge in [0.05, 0.1) is 0 Å². The first-order chi connectivity index (χ1) is 9.63. The fraction of sp³-hybridized carbons (Fsp3) is 0.625. The molecule has 0 aromatic heterocycles. The molecule has 3 rings (SSSR count). The van der Waals surface area contributed by atoms with Crippen LogP contribution < -0.4 is 10.6 Å². The third kappa shape index (κ3) is 2.45. The van der Waals surface area contributed by atoms with Crippen LogP contribution in [0.25, 0.3) is 0 Å². The first-order valence-electron chi connectivity index (χ1n) is 7.66. The highest BCUT2D eigenvalue weighted by molar-refractivity contribution is 7.80. The van der Waals surface area contributed by atoms with Crippen molar-refractivity contribution in [1.29, 1.82) is 0 Å². The number of hydrogen-bond acceptors (Lipinski definition) is 4. The average Bonchev–Trinajstić information content (AvgIpc) is 2.87. The van der Waals surface area contributed by atoms with Gasteiger partial charge in [0.2, 0.25) is 0 Å². The maximum atomic E-state index is 11.0. The van der Waals surface area contributed by atoms with E-state index in [0.717, 1.165) is 30.5 Å². The summed E-state index contributed by atoms with van der Waals surface area (Å²) in [4.78, 5) is 0. The Morgan fingerprint density at radius 3 is 3.00 bits per heavy atom. The van der Waals surface area contributed by atoms with Crippen LogP contribution in [-0.4, -0.2) is 22.6 Å². The number of anilines is 1. The summed E-state index contributed by atoms with van der Waals surface area (Å²) < 4.78 is 0. The van der Waals surface area contributed by atoms with E-state index in [1.54, 1.807) is 0 Å². The van der Waals surface area contributed by atoms with Gasteiger partial charge in [-0.25, -0.2) is 0 Å².